The largest absolute Gasteiger partial charge is 0.299 e. The van der Waals surface area contributed by atoms with E-state index in [2.05, 4.69) is 41.3 Å². The van der Waals surface area contributed by atoms with Crippen LogP contribution in [0.4, 0.5) is 0 Å². The summed E-state index contributed by atoms with van der Waals surface area (Å²) in [5.74, 6) is 0.897. The SMILES string of the molecule is C(/Cc1ccccc1)=C1/CN2CCC1CC2. The first kappa shape index (κ1) is 10.1. The first-order valence-electron chi connectivity index (χ1n) is 6.37. The molecule has 0 atom stereocenters. The van der Waals surface area contributed by atoms with Gasteiger partial charge in [-0.1, -0.05) is 42.0 Å². The standard InChI is InChI=1S/C15H19N/c1-2-4-13(5-3-1)6-7-15-12-16-10-8-14(15)9-11-16/h1-5,7,14H,6,8-12H2/b15-7+. The van der Waals surface area contributed by atoms with Gasteiger partial charge >= 0.3 is 0 Å². The van der Waals surface area contributed by atoms with Crippen molar-refractivity contribution in [1.29, 1.82) is 0 Å². The summed E-state index contributed by atoms with van der Waals surface area (Å²) >= 11 is 0. The van der Waals surface area contributed by atoms with Crippen LogP contribution in [-0.4, -0.2) is 24.5 Å². The Balaban J connectivity index is 1.69. The lowest BCUT2D eigenvalue weighted by molar-refractivity contribution is 0.161. The summed E-state index contributed by atoms with van der Waals surface area (Å²) in [6.07, 6.45) is 6.37. The van der Waals surface area contributed by atoms with Crippen molar-refractivity contribution in [3.63, 3.8) is 0 Å². The van der Waals surface area contributed by atoms with E-state index in [4.69, 9.17) is 0 Å². The highest BCUT2D eigenvalue weighted by Crippen LogP contribution is 2.31. The van der Waals surface area contributed by atoms with Crippen LogP contribution in [0.1, 0.15) is 18.4 Å². The molecule has 3 heterocycles. The summed E-state index contributed by atoms with van der Waals surface area (Å²) in [4.78, 5) is 2.59. The van der Waals surface area contributed by atoms with Gasteiger partial charge in [0.2, 0.25) is 0 Å². The molecule has 0 radical (unpaired) electrons. The predicted octanol–water partition coefficient (Wildman–Crippen LogP) is 2.88. The van der Waals surface area contributed by atoms with E-state index in [0.29, 0.717) is 0 Å². The molecular formula is C15H19N. The van der Waals surface area contributed by atoms with Gasteiger partial charge in [0.05, 0.1) is 0 Å². The van der Waals surface area contributed by atoms with Crippen molar-refractivity contribution in [1.82, 2.24) is 4.90 Å². The Morgan fingerprint density at radius 3 is 2.50 bits per heavy atom. The van der Waals surface area contributed by atoms with Gasteiger partial charge in [-0.2, -0.15) is 0 Å². The summed E-state index contributed by atoms with van der Waals surface area (Å²) < 4.78 is 0. The fraction of sp³-hybridized carbons (Fsp3) is 0.467. The lowest BCUT2D eigenvalue weighted by Gasteiger charge is -2.41. The van der Waals surface area contributed by atoms with E-state index in [1.165, 1.54) is 38.0 Å². The first-order chi connectivity index (χ1) is 7.92. The van der Waals surface area contributed by atoms with E-state index in [1.54, 1.807) is 5.57 Å². The van der Waals surface area contributed by atoms with Crippen molar-refractivity contribution in [3.8, 4) is 0 Å². The van der Waals surface area contributed by atoms with Gasteiger partial charge in [-0.05, 0) is 43.8 Å². The second-order valence-corrected chi connectivity index (χ2v) is 5.02. The Kier molecular flexibility index (Phi) is 2.79. The average Bonchev–Trinajstić information content (AvgIpc) is 2.39. The Labute approximate surface area is 97.8 Å². The van der Waals surface area contributed by atoms with E-state index < -0.39 is 0 Å². The van der Waals surface area contributed by atoms with Crippen LogP contribution >= 0.6 is 0 Å². The minimum Gasteiger partial charge on any atom is -0.299 e. The number of benzene rings is 1. The van der Waals surface area contributed by atoms with Crippen molar-refractivity contribution >= 4 is 0 Å². The molecule has 3 saturated heterocycles. The normalized spacial score (nSPS) is 30.9. The number of hydrogen-bond acceptors (Lipinski definition) is 1. The lowest BCUT2D eigenvalue weighted by Crippen LogP contribution is -2.43. The molecule has 0 N–H and O–H groups in total. The Morgan fingerprint density at radius 1 is 1.12 bits per heavy atom. The molecule has 16 heavy (non-hydrogen) atoms. The Morgan fingerprint density at radius 2 is 1.88 bits per heavy atom. The highest BCUT2D eigenvalue weighted by molar-refractivity contribution is 5.22. The van der Waals surface area contributed by atoms with Crippen molar-refractivity contribution in [3.05, 3.63) is 47.5 Å². The number of rotatable bonds is 2. The maximum atomic E-state index is 2.59. The molecule has 2 bridgehead atoms. The van der Waals surface area contributed by atoms with Gasteiger partial charge in [0, 0.05) is 6.54 Å². The topological polar surface area (TPSA) is 3.24 Å². The molecule has 1 aromatic rings. The summed E-state index contributed by atoms with van der Waals surface area (Å²) in [5.41, 5.74) is 3.13. The number of nitrogens with zero attached hydrogens (tertiary/aromatic N) is 1. The maximum Gasteiger partial charge on any atom is 0.0195 e. The zero-order valence-corrected chi connectivity index (χ0v) is 9.73. The van der Waals surface area contributed by atoms with Gasteiger partial charge < -0.3 is 0 Å². The van der Waals surface area contributed by atoms with Gasteiger partial charge in [0.25, 0.3) is 0 Å². The number of hydrogen-bond donors (Lipinski definition) is 0. The molecule has 3 fully saturated rings. The second kappa shape index (κ2) is 4.42. The molecule has 0 aromatic heterocycles. The van der Waals surface area contributed by atoms with Crippen molar-refractivity contribution in [2.24, 2.45) is 5.92 Å². The van der Waals surface area contributed by atoms with Crippen LogP contribution in [0, 0.1) is 5.92 Å². The van der Waals surface area contributed by atoms with Crippen molar-refractivity contribution in [2.75, 3.05) is 19.6 Å². The smallest absolute Gasteiger partial charge is 0.0195 e. The van der Waals surface area contributed by atoms with Crippen LogP contribution in [0.25, 0.3) is 0 Å². The van der Waals surface area contributed by atoms with E-state index in [0.717, 1.165) is 12.3 Å². The number of allylic oxidation sites excluding steroid dienone is 1. The molecule has 84 valence electrons. The van der Waals surface area contributed by atoms with Gasteiger partial charge in [0.15, 0.2) is 0 Å². The second-order valence-electron chi connectivity index (χ2n) is 5.02. The molecule has 0 saturated carbocycles. The monoisotopic (exact) mass is 213 g/mol. The third-order valence-corrected chi connectivity index (χ3v) is 3.96. The Hall–Kier alpha value is -1.08. The summed E-state index contributed by atoms with van der Waals surface area (Å²) in [6.45, 7) is 3.89. The van der Waals surface area contributed by atoms with Crippen LogP contribution in [-0.2, 0) is 6.42 Å². The van der Waals surface area contributed by atoms with Crippen LogP contribution in [0.5, 0.6) is 0 Å². The zero-order chi connectivity index (χ0) is 10.8. The number of piperidine rings is 3. The molecule has 1 heteroatoms. The van der Waals surface area contributed by atoms with Gasteiger partial charge in [0.1, 0.15) is 0 Å². The lowest BCUT2D eigenvalue weighted by atomic mass is 9.83. The van der Waals surface area contributed by atoms with E-state index >= 15 is 0 Å². The van der Waals surface area contributed by atoms with Crippen molar-refractivity contribution < 1.29 is 0 Å². The highest BCUT2D eigenvalue weighted by atomic mass is 15.1. The first-order valence-corrected chi connectivity index (χ1v) is 6.37. The van der Waals surface area contributed by atoms with E-state index in [1.807, 2.05) is 0 Å². The molecule has 0 spiro atoms. The van der Waals surface area contributed by atoms with E-state index in [-0.39, 0.29) is 0 Å². The average molecular weight is 213 g/mol. The molecule has 0 amide bonds. The van der Waals surface area contributed by atoms with Gasteiger partial charge in [-0.15, -0.1) is 0 Å². The van der Waals surface area contributed by atoms with Crippen LogP contribution < -0.4 is 0 Å². The molecular weight excluding hydrogens is 194 g/mol. The fourth-order valence-electron chi connectivity index (χ4n) is 2.94. The van der Waals surface area contributed by atoms with E-state index in [9.17, 15) is 0 Å². The summed E-state index contributed by atoms with van der Waals surface area (Å²) in [7, 11) is 0. The zero-order valence-electron chi connectivity index (χ0n) is 9.73. The third kappa shape index (κ3) is 2.05. The maximum absolute atomic E-state index is 2.59. The third-order valence-electron chi connectivity index (χ3n) is 3.96. The predicted molar refractivity (Wildman–Crippen MR) is 67.4 cm³/mol. The van der Waals surface area contributed by atoms with Gasteiger partial charge in [-0.25, -0.2) is 0 Å². The summed E-state index contributed by atoms with van der Waals surface area (Å²) in [6, 6.07) is 10.8. The molecule has 1 nitrogen and oxygen atoms in total. The molecule has 0 unspecified atom stereocenters. The van der Waals surface area contributed by atoms with Crippen LogP contribution in [0.15, 0.2) is 42.0 Å². The minimum absolute atomic E-state index is 0.897. The number of fused-ring (bicyclic) bond motifs is 3. The molecule has 4 rings (SSSR count). The molecule has 3 aliphatic rings. The molecule has 0 aliphatic carbocycles. The van der Waals surface area contributed by atoms with Crippen LogP contribution in [0.3, 0.4) is 0 Å². The Bertz CT molecular complexity index is 372. The molecule has 1 aromatic carbocycles. The van der Waals surface area contributed by atoms with Crippen molar-refractivity contribution in [2.45, 2.75) is 19.3 Å². The minimum atomic E-state index is 0.897. The molecule has 3 aliphatic heterocycles. The quantitative estimate of drug-likeness (QED) is 0.683. The highest BCUT2D eigenvalue weighted by Gasteiger charge is 2.28. The fourth-order valence-corrected chi connectivity index (χ4v) is 2.94. The summed E-state index contributed by atoms with van der Waals surface area (Å²) in [5, 5.41) is 0. The van der Waals surface area contributed by atoms with Crippen LogP contribution in [0.2, 0.25) is 0 Å². The van der Waals surface area contributed by atoms with Gasteiger partial charge in [-0.3, -0.25) is 4.90 Å².